The van der Waals surface area contributed by atoms with Crippen LogP contribution in [0.15, 0.2) is 42.1 Å². The van der Waals surface area contributed by atoms with Crippen LogP contribution in [0.5, 0.6) is 0 Å². The van der Waals surface area contributed by atoms with Gasteiger partial charge in [-0.05, 0) is 12.0 Å². The molecule has 0 aromatic heterocycles. The van der Waals surface area contributed by atoms with E-state index in [0.717, 1.165) is 44.7 Å². The highest BCUT2D eigenvalue weighted by molar-refractivity contribution is 5.97. The lowest BCUT2D eigenvalue weighted by atomic mass is 10.1. The van der Waals surface area contributed by atoms with Crippen molar-refractivity contribution in [1.29, 1.82) is 5.26 Å². The maximum atomic E-state index is 12.1. The quantitative estimate of drug-likeness (QED) is 0.557. The van der Waals surface area contributed by atoms with Gasteiger partial charge in [-0.2, -0.15) is 5.26 Å². The number of nitrogens with zero attached hydrogens (tertiary/aromatic N) is 3. The number of nitrogens with two attached hydrogens (primary N) is 1. The maximum absolute atomic E-state index is 12.1. The van der Waals surface area contributed by atoms with Crippen LogP contribution >= 0.6 is 0 Å². The SMILES string of the molecule is N#C/C(=C/N1CCN(CCN)CC1)C(=O)NCCc1ccccc1. The normalized spacial score (nSPS) is 15.8. The average molecular weight is 327 g/mol. The minimum absolute atomic E-state index is 0.162. The molecule has 1 aromatic rings. The standard InChI is InChI=1S/C18H25N5O/c19-7-9-22-10-12-23(13-11-22)15-17(14-20)18(24)21-8-6-16-4-2-1-3-5-16/h1-5,15H,6-13,19H2,(H,21,24)/b17-15-. The van der Waals surface area contributed by atoms with E-state index in [0.29, 0.717) is 13.1 Å². The Hall–Kier alpha value is -2.36. The molecule has 0 saturated carbocycles. The fourth-order valence-electron chi connectivity index (χ4n) is 2.68. The summed E-state index contributed by atoms with van der Waals surface area (Å²) in [5.41, 5.74) is 6.89. The number of nitriles is 1. The number of amides is 1. The Balaban J connectivity index is 1.80. The summed E-state index contributed by atoms with van der Waals surface area (Å²) in [7, 11) is 0. The van der Waals surface area contributed by atoms with Crippen LogP contribution in [0.4, 0.5) is 0 Å². The largest absolute Gasteiger partial charge is 0.374 e. The van der Waals surface area contributed by atoms with E-state index in [9.17, 15) is 10.1 Å². The van der Waals surface area contributed by atoms with E-state index in [1.54, 1.807) is 6.20 Å². The molecule has 1 aliphatic rings. The monoisotopic (exact) mass is 327 g/mol. The Kier molecular flexibility index (Phi) is 7.27. The van der Waals surface area contributed by atoms with Gasteiger partial charge in [-0.1, -0.05) is 30.3 Å². The van der Waals surface area contributed by atoms with Crippen molar-refractivity contribution < 1.29 is 4.79 Å². The van der Waals surface area contributed by atoms with Gasteiger partial charge in [-0.25, -0.2) is 0 Å². The number of benzene rings is 1. The predicted octanol–water partition coefficient (Wildman–Crippen LogP) is 0.329. The zero-order valence-corrected chi connectivity index (χ0v) is 13.9. The van der Waals surface area contributed by atoms with Gasteiger partial charge >= 0.3 is 0 Å². The number of hydrogen-bond acceptors (Lipinski definition) is 5. The zero-order valence-electron chi connectivity index (χ0n) is 13.9. The summed E-state index contributed by atoms with van der Waals surface area (Å²) in [6, 6.07) is 12.0. The summed E-state index contributed by atoms with van der Waals surface area (Å²) >= 11 is 0. The summed E-state index contributed by atoms with van der Waals surface area (Å²) in [4.78, 5) is 16.5. The number of rotatable bonds is 7. The van der Waals surface area contributed by atoms with Gasteiger partial charge in [0.2, 0.25) is 0 Å². The molecular weight excluding hydrogens is 302 g/mol. The summed E-state index contributed by atoms with van der Waals surface area (Å²) in [6.45, 7) is 5.49. The molecule has 0 atom stereocenters. The van der Waals surface area contributed by atoms with Crippen LogP contribution in [0, 0.1) is 11.3 Å². The van der Waals surface area contributed by atoms with Crippen LogP contribution in [0.3, 0.4) is 0 Å². The molecule has 3 N–H and O–H groups in total. The minimum atomic E-state index is -0.308. The lowest BCUT2D eigenvalue weighted by Gasteiger charge is -2.33. The third kappa shape index (κ3) is 5.69. The van der Waals surface area contributed by atoms with Gasteiger partial charge in [0, 0.05) is 52.0 Å². The number of carbonyl (C=O) groups is 1. The number of hydrogen-bond donors (Lipinski definition) is 2. The molecule has 0 aliphatic carbocycles. The first-order chi connectivity index (χ1) is 11.7. The van der Waals surface area contributed by atoms with Crippen LogP contribution in [0.25, 0.3) is 0 Å². The van der Waals surface area contributed by atoms with Gasteiger partial charge in [0.1, 0.15) is 11.6 Å². The van der Waals surface area contributed by atoms with Crippen molar-refractivity contribution in [3.63, 3.8) is 0 Å². The first-order valence-corrected chi connectivity index (χ1v) is 8.33. The van der Waals surface area contributed by atoms with E-state index < -0.39 is 0 Å². The zero-order chi connectivity index (χ0) is 17.2. The van der Waals surface area contributed by atoms with E-state index in [1.807, 2.05) is 41.3 Å². The fourth-order valence-corrected chi connectivity index (χ4v) is 2.68. The third-order valence-electron chi connectivity index (χ3n) is 4.07. The van der Waals surface area contributed by atoms with Crippen LogP contribution < -0.4 is 11.1 Å². The van der Waals surface area contributed by atoms with E-state index >= 15 is 0 Å². The molecule has 0 spiro atoms. The Morgan fingerprint density at radius 2 is 1.96 bits per heavy atom. The van der Waals surface area contributed by atoms with Crippen molar-refractivity contribution in [1.82, 2.24) is 15.1 Å². The van der Waals surface area contributed by atoms with Gasteiger partial charge in [0.15, 0.2) is 0 Å². The van der Waals surface area contributed by atoms with Gasteiger partial charge in [0.25, 0.3) is 5.91 Å². The molecule has 0 radical (unpaired) electrons. The van der Waals surface area contributed by atoms with Gasteiger partial charge in [-0.3, -0.25) is 9.69 Å². The highest BCUT2D eigenvalue weighted by Gasteiger charge is 2.16. The second-order valence-corrected chi connectivity index (χ2v) is 5.81. The Morgan fingerprint density at radius 1 is 1.25 bits per heavy atom. The van der Waals surface area contributed by atoms with Crippen molar-refractivity contribution in [3.05, 3.63) is 47.7 Å². The summed E-state index contributed by atoms with van der Waals surface area (Å²) in [5, 5.41) is 12.1. The molecule has 6 nitrogen and oxygen atoms in total. The predicted molar refractivity (Wildman–Crippen MR) is 93.9 cm³/mol. The molecule has 0 unspecified atom stereocenters. The summed E-state index contributed by atoms with van der Waals surface area (Å²) in [5.74, 6) is -0.308. The highest BCUT2D eigenvalue weighted by Crippen LogP contribution is 2.05. The van der Waals surface area contributed by atoms with E-state index in [2.05, 4.69) is 10.2 Å². The van der Waals surface area contributed by atoms with Crippen LogP contribution in [-0.2, 0) is 11.2 Å². The number of piperazine rings is 1. The van der Waals surface area contributed by atoms with Gasteiger partial charge in [-0.15, -0.1) is 0 Å². The second-order valence-electron chi connectivity index (χ2n) is 5.81. The Morgan fingerprint density at radius 3 is 2.58 bits per heavy atom. The van der Waals surface area contributed by atoms with Crippen LogP contribution in [0.1, 0.15) is 5.56 Å². The first kappa shape index (κ1) is 18.0. The number of carbonyl (C=O) groups excluding carboxylic acids is 1. The van der Waals surface area contributed by atoms with Crippen molar-refractivity contribution in [2.75, 3.05) is 45.8 Å². The fraction of sp³-hybridized carbons (Fsp3) is 0.444. The molecule has 2 rings (SSSR count). The lowest BCUT2D eigenvalue weighted by molar-refractivity contribution is -0.117. The van der Waals surface area contributed by atoms with E-state index in [4.69, 9.17) is 5.73 Å². The van der Waals surface area contributed by atoms with Crippen molar-refractivity contribution in [2.24, 2.45) is 5.73 Å². The number of nitrogens with one attached hydrogen (secondary N) is 1. The molecule has 128 valence electrons. The lowest BCUT2D eigenvalue weighted by Crippen LogP contribution is -2.46. The second kappa shape index (κ2) is 9.71. The molecule has 6 heteroatoms. The Bertz CT molecular complexity index is 585. The van der Waals surface area contributed by atoms with Crippen LogP contribution in [0.2, 0.25) is 0 Å². The van der Waals surface area contributed by atoms with Crippen LogP contribution in [-0.4, -0.2) is 61.5 Å². The molecule has 1 amide bonds. The Labute approximate surface area is 143 Å². The molecule has 1 aliphatic heterocycles. The smallest absolute Gasteiger partial charge is 0.263 e. The average Bonchev–Trinajstić information content (AvgIpc) is 2.62. The van der Waals surface area contributed by atoms with Gasteiger partial charge in [0.05, 0.1) is 0 Å². The van der Waals surface area contributed by atoms with Gasteiger partial charge < -0.3 is 16.0 Å². The topological polar surface area (TPSA) is 85.4 Å². The molecule has 1 aromatic carbocycles. The molecule has 1 fully saturated rings. The van der Waals surface area contributed by atoms with Crippen molar-refractivity contribution in [3.8, 4) is 6.07 Å². The van der Waals surface area contributed by atoms with E-state index in [1.165, 1.54) is 0 Å². The minimum Gasteiger partial charge on any atom is -0.374 e. The summed E-state index contributed by atoms with van der Waals surface area (Å²) in [6.07, 6.45) is 2.43. The van der Waals surface area contributed by atoms with E-state index in [-0.39, 0.29) is 11.5 Å². The molecule has 24 heavy (non-hydrogen) atoms. The first-order valence-electron chi connectivity index (χ1n) is 8.33. The highest BCUT2D eigenvalue weighted by atomic mass is 16.1. The van der Waals surface area contributed by atoms with Crippen molar-refractivity contribution >= 4 is 5.91 Å². The molecule has 1 heterocycles. The van der Waals surface area contributed by atoms with Crippen molar-refractivity contribution in [2.45, 2.75) is 6.42 Å². The molecule has 1 saturated heterocycles. The molecular formula is C18H25N5O. The molecule has 0 bridgehead atoms. The third-order valence-corrected chi connectivity index (χ3v) is 4.07. The maximum Gasteiger partial charge on any atom is 0.263 e. The summed E-state index contributed by atoms with van der Waals surface area (Å²) < 4.78 is 0.